The molecule has 1 aliphatic heterocycles. The molecule has 0 spiro atoms. The van der Waals surface area contributed by atoms with Crippen LogP contribution in [0.5, 0.6) is 0 Å². The first-order valence-corrected chi connectivity index (χ1v) is 13.8. The first-order chi connectivity index (χ1) is 16.4. The SMILES string of the molecule is CS(=O)c1cccc(N2CC(S(=O)(=O)c3ccccc3C(F)(F)F)CC2C(=O)NC2(C#N)CC2)c1. The van der Waals surface area contributed by atoms with Crippen molar-refractivity contribution in [1.82, 2.24) is 5.32 Å². The minimum absolute atomic E-state index is 0.244. The fourth-order valence-corrected chi connectivity index (χ4v) is 6.70. The lowest BCUT2D eigenvalue weighted by atomic mass is 10.1. The average Bonchev–Trinajstić information content (AvgIpc) is 3.43. The van der Waals surface area contributed by atoms with Gasteiger partial charge in [-0.15, -0.1) is 0 Å². The fourth-order valence-electron chi connectivity index (χ4n) is 4.23. The van der Waals surface area contributed by atoms with Crippen LogP contribution >= 0.6 is 0 Å². The summed E-state index contributed by atoms with van der Waals surface area (Å²) in [6, 6.07) is 11.4. The molecule has 35 heavy (non-hydrogen) atoms. The van der Waals surface area contributed by atoms with E-state index in [0.717, 1.165) is 12.1 Å². The van der Waals surface area contributed by atoms with Crippen LogP contribution in [0.1, 0.15) is 24.8 Å². The Morgan fingerprint density at radius 1 is 1.20 bits per heavy atom. The second-order valence-electron chi connectivity index (χ2n) is 8.70. The summed E-state index contributed by atoms with van der Waals surface area (Å²) >= 11 is 0. The molecule has 12 heteroatoms. The van der Waals surface area contributed by atoms with E-state index in [1.165, 1.54) is 17.2 Å². The van der Waals surface area contributed by atoms with Gasteiger partial charge in [-0.2, -0.15) is 18.4 Å². The van der Waals surface area contributed by atoms with E-state index in [-0.39, 0.29) is 13.0 Å². The van der Waals surface area contributed by atoms with Crippen molar-refractivity contribution in [2.75, 3.05) is 17.7 Å². The van der Waals surface area contributed by atoms with Gasteiger partial charge in [0.25, 0.3) is 0 Å². The molecule has 1 amide bonds. The van der Waals surface area contributed by atoms with Crippen molar-refractivity contribution < 1.29 is 30.6 Å². The van der Waals surface area contributed by atoms with Gasteiger partial charge >= 0.3 is 6.18 Å². The summed E-state index contributed by atoms with van der Waals surface area (Å²) in [5.41, 5.74) is -1.85. The molecule has 186 valence electrons. The predicted octanol–water partition coefficient (Wildman–Crippen LogP) is 3.04. The number of nitriles is 1. The third-order valence-electron chi connectivity index (χ3n) is 6.31. The van der Waals surface area contributed by atoms with Crippen LogP contribution in [0.3, 0.4) is 0 Å². The minimum atomic E-state index is -4.87. The Balaban J connectivity index is 1.73. The molecule has 2 aliphatic rings. The average molecular weight is 526 g/mol. The molecule has 1 saturated heterocycles. The Labute approximate surface area is 203 Å². The van der Waals surface area contributed by atoms with Crippen molar-refractivity contribution in [3.8, 4) is 6.07 Å². The Morgan fingerprint density at radius 3 is 2.49 bits per heavy atom. The molecule has 2 aromatic rings. The maximum absolute atomic E-state index is 13.6. The Kier molecular flexibility index (Phi) is 6.44. The lowest BCUT2D eigenvalue weighted by molar-refractivity contribution is -0.139. The van der Waals surface area contributed by atoms with E-state index >= 15 is 0 Å². The van der Waals surface area contributed by atoms with Gasteiger partial charge in [0.1, 0.15) is 11.6 Å². The number of anilines is 1. The van der Waals surface area contributed by atoms with Crippen LogP contribution in [0.2, 0.25) is 0 Å². The van der Waals surface area contributed by atoms with Crippen LogP contribution in [0.4, 0.5) is 18.9 Å². The van der Waals surface area contributed by atoms with Gasteiger partial charge in [-0.3, -0.25) is 9.00 Å². The second-order valence-corrected chi connectivity index (χ2v) is 12.3. The third kappa shape index (κ3) is 4.92. The maximum Gasteiger partial charge on any atom is 0.417 e. The van der Waals surface area contributed by atoms with Gasteiger partial charge in [-0.25, -0.2) is 8.42 Å². The highest BCUT2D eigenvalue weighted by atomic mass is 32.2. The Morgan fingerprint density at radius 2 is 1.89 bits per heavy atom. The molecule has 2 fully saturated rings. The topological polar surface area (TPSA) is 107 Å². The van der Waals surface area contributed by atoms with Crippen molar-refractivity contribution in [2.24, 2.45) is 0 Å². The van der Waals surface area contributed by atoms with Crippen LogP contribution in [0.25, 0.3) is 0 Å². The first-order valence-electron chi connectivity index (χ1n) is 10.7. The van der Waals surface area contributed by atoms with Gasteiger partial charge in [0.05, 0.1) is 21.8 Å². The summed E-state index contributed by atoms with van der Waals surface area (Å²) in [6.45, 7) is -0.244. The highest BCUT2D eigenvalue weighted by Gasteiger charge is 2.50. The number of benzene rings is 2. The van der Waals surface area contributed by atoms with Gasteiger partial charge in [0, 0.05) is 34.2 Å². The van der Waals surface area contributed by atoms with Crippen LogP contribution in [0, 0.1) is 11.3 Å². The number of hydrogen-bond donors (Lipinski definition) is 1. The van der Waals surface area contributed by atoms with Gasteiger partial charge in [0.2, 0.25) is 5.91 Å². The highest BCUT2D eigenvalue weighted by molar-refractivity contribution is 7.92. The van der Waals surface area contributed by atoms with Crippen molar-refractivity contribution >= 4 is 32.2 Å². The van der Waals surface area contributed by atoms with Crippen molar-refractivity contribution in [3.63, 3.8) is 0 Å². The molecular formula is C23H22F3N3O4S2. The number of nitrogens with zero attached hydrogens (tertiary/aromatic N) is 2. The molecule has 1 saturated carbocycles. The van der Waals surface area contributed by atoms with Gasteiger partial charge < -0.3 is 10.2 Å². The number of sulfone groups is 1. The molecular weight excluding hydrogens is 503 g/mol. The molecule has 7 nitrogen and oxygen atoms in total. The first kappa shape index (κ1) is 25.2. The number of halogens is 3. The van der Waals surface area contributed by atoms with E-state index in [2.05, 4.69) is 5.32 Å². The zero-order valence-electron chi connectivity index (χ0n) is 18.6. The standard InChI is InChI=1S/C23H22F3N3O4S2/c1-34(31)16-6-4-5-15(11-16)29-13-17(12-19(29)21(30)28-22(14-27)9-10-22)35(32,33)20-8-3-2-7-18(20)23(24,25)26/h2-8,11,17,19H,9-10,12-13H2,1H3,(H,28,30). The predicted molar refractivity (Wildman–Crippen MR) is 123 cm³/mol. The number of carbonyl (C=O) groups excluding carboxylic acids is 1. The van der Waals surface area contributed by atoms with Crippen molar-refractivity contribution in [1.29, 1.82) is 5.26 Å². The monoisotopic (exact) mass is 525 g/mol. The number of alkyl halides is 3. The van der Waals surface area contributed by atoms with Gasteiger partial charge in [-0.05, 0) is 49.6 Å². The summed E-state index contributed by atoms with van der Waals surface area (Å²) in [5, 5.41) is 10.7. The lowest BCUT2D eigenvalue weighted by Gasteiger charge is -2.27. The van der Waals surface area contributed by atoms with Crippen LogP contribution < -0.4 is 10.2 Å². The summed E-state index contributed by atoms with van der Waals surface area (Å²) in [6.07, 6.45) is -2.73. The van der Waals surface area contributed by atoms with E-state index in [9.17, 15) is 35.9 Å². The van der Waals surface area contributed by atoms with E-state index in [1.807, 2.05) is 6.07 Å². The van der Waals surface area contributed by atoms with E-state index in [1.54, 1.807) is 24.3 Å². The molecule has 3 atom stereocenters. The molecule has 0 radical (unpaired) electrons. The second kappa shape index (κ2) is 8.95. The maximum atomic E-state index is 13.6. The van der Waals surface area contributed by atoms with Crippen molar-refractivity contribution in [3.05, 3.63) is 54.1 Å². The summed E-state index contributed by atoms with van der Waals surface area (Å²) in [4.78, 5) is 14.3. The zero-order chi connectivity index (χ0) is 25.6. The Hall–Kier alpha value is -2.91. The number of hydrogen-bond acceptors (Lipinski definition) is 6. The van der Waals surface area contributed by atoms with Crippen LogP contribution in [-0.2, 0) is 31.6 Å². The number of carbonyl (C=O) groups is 1. The smallest absolute Gasteiger partial charge is 0.358 e. The largest absolute Gasteiger partial charge is 0.417 e. The zero-order valence-corrected chi connectivity index (χ0v) is 20.2. The highest BCUT2D eigenvalue weighted by Crippen LogP contribution is 2.40. The summed E-state index contributed by atoms with van der Waals surface area (Å²) < 4.78 is 79.5. The fraction of sp³-hybridized carbons (Fsp3) is 0.391. The number of amides is 1. The van der Waals surface area contributed by atoms with E-state index in [4.69, 9.17) is 0 Å². The van der Waals surface area contributed by atoms with Crippen LogP contribution in [-0.4, -0.2) is 48.2 Å². The minimum Gasteiger partial charge on any atom is -0.358 e. The molecule has 2 aromatic carbocycles. The van der Waals surface area contributed by atoms with Gasteiger partial charge in [-0.1, -0.05) is 18.2 Å². The quantitative estimate of drug-likeness (QED) is 0.621. The van der Waals surface area contributed by atoms with Gasteiger partial charge in [0.15, 0.2) is 9.84 Å². The van der Waals surface area contributed by atoms with E-state index in [0.29, 0.717) is 29.5 Å². The number of rotatable bonds is 6. The Bertz CT molecular complexity index is 1330. The molecule has 4 rings (SSSR count). The molecule has 0 bridgehead atoms. The van der Waals surface area contributed by atoms with E-state index < -0.39 is 60.0 Å². The molecule has 0 aromatic heterocycles. The molecule has 1 aliphatic carbocycles. The summed E-state index contributed by atoms with van der Waals surface area (Å²) in [5.74, 6) is -0.575. The summed E-state index contributed by atoms with van der Waals surface area (Å²) in [7, 11) is -5.84. The normalized spacial score (nSPS) is 22.3. The number of nitrogens with one attached hydrogen (secondary N) is 1. The lowest BCUT2D eigenvalue weighted by Crippen LogP contribution is -2.47. The molecule has 1 N–H and O–H groups in total. The third-order valence-corrected chi connectivity index (χ3v) is 9.42. The molecule has 3 unspecified atom stereocenters. The van der Waals surface area contributed by atoms with Crippen LogP contribution in [0.15, 0.2) is 58.3 Å². The van der Waals surface area contributed by atoms with Crippen molar-refractivity contribution in [2.45, 2.75) is 52.1 Å². The molecule has 1 heterocycles.